The number of hydrogen-bond donors (Lipinski definition) is 1. The van der Waals surface area contributed by atoms with Crippen LogP contribution >= 0.6 is 11.3 Å². The van der Waals surface area contributed by atoms with Crippen molar-refractivity contribution < 1.29 is 4.74 Å². The lowest BCUT2D eigenvalue weighted by Gasteiger charge is -2.08. The molecule has 2 aromatic heterocycles. The van der Waals surface area contributed by atoms with Gasteiger partial charge >= 0.3 is 0 Å². The molecule has 2 aromatic rings. The number of rotatable bonds is 7. The molecular weight excluding hydrogens is 258 g/mol. The van der Waals surface area contributed by atoms with E-state index in [2.05, 4.69) is 48.6 Å². The molecule has 0 fully saturated rings. The fraction of sp³-hybridized carbons (Fsp3) is 0.643. The zero-order chi connectivity index (χ0) is 13.8. The predicted octanol–water partition coefficient (Wildman–Crippen LogP) is 2.77. The molecule has 0 aliphatic carbocycles. The van der Waals surface area contributed by atoms with Gasteiger partial charge in [-0.15, -0.1) is 11.3 Å². The highest BCUT2D eigenvalue weighted by Gasteiger charge is 2.10. The first kappa shape index (κ1) is 14.5. The van der Waals surface area contributed by atoms with Crippen LogP contribution in [0, 0.1) is 19.8 Å². The summed E-state index contributed by atoms with van der Waals surface area (Å²) in [4.78, 5) is 6.96. The van der Waals surface area contributed by atoms with Crippen LogP contribution < -0.4 is 5.32 Å². The largest absolute Gasteiger partial charge is 0.380 e. The number of fused-ring (bicyclic) bond motifs is 1. The third kappa shape index (κ3) is 3.78. The van der Waals surface area contributed by atoms with Crippen molar-refractivity contribution in [3.8, 4) is 0 Å². The van der Waals surface area contributed by atoms with Gasteiger partial charge in [-0.1, -0.05) is 13.8 Å². The molecule has 0 saturated heterocycles. The molecule has 0 radical (unpaired) electrons. The van der Waals surface area contributed by atoms with Crippen molar-refractivity contribution in [1.82, 2.24) is 14.7 Å². The smallest absolute Gasteiger partial charge is 0.194 e. The topological polar surface area (TPSA) is 38.6 Å². The van der Waals surface area contributed by atoms with E-state index < -0.39 is 0 Å². The molecule has 4 nitrogen and oxygen atoms in total. The molecule has 106 valence electrons. The van der Waals surface area contributed by atoms with Crippen molar-refractivity contribution in [3.63, 3.8) is 0 Å². The quantitative estimate of drug-likeness (QED) is 0.793. The number of imidazole rings is 1. The summed E-state index contributed by atoms with van der Waals surface area (Å²) in [5.74, 6) is 0.602. The van der Waals surface area contributed by atoms with E-state index in [1.54, 1.807) is 11.3 Å². The van der Waals surface area contributed by atoms with E-state index in [1.165, 1.54) is 10.6 Å². The summed E-state index contributed by atoms with van der Waals surface area (Å²) in [6, 6.07) is 0. The Morgan fingerprint density at radius 1 is 1.42 bits per heavy atom. The third-order valence-corrected chi connectivity index (χ3v) is 3.81. The van der Waals surface area contributed by atoms with Crippen LogP contribution in [0.5, 0.6) is 0 Å². The molecule has 0 spiro atoms. The second-order valence-corrected chi connectivity index (χ2v) is 6.50. The summed E-state index contributed by atoms with van der Waals surface area (Å²) in [5.41, 5.74) is 2.37. The van der Waals surface area contributed by atoms with Gasteiger partial charge in [0.15, 0.2) is 4.96 Å². The van der Waals surface area contributed by atoms with Gasteiger partial charge in [-0.3, -0.25) is 4.40 Å². The molecule has 19 heavy (non-hydrogen) atoms. The minimum atomic E-state index is 0.602. The van der Waals surface area contributed by atoms with Gasteiger partial charge in [0, 0.05) is 30.8 Å². The summed E-state index contributed by atoms with van der Waals surface area (Å²) >= 11 is 1.74. The van der Waals surface area contributed by atoms with E-state index in [0.29, 0.717) is 5.92 Å². The number of hydrogen-bond acceptors (Lipinski definition) is 4. The fourth-order valence-corrected chi connectivity index (χ4v) is 2.88. The fourth-order valence-electron chi connectivity index (χ4n) is 1.99. The maximum Gasteiger partial charge on any atom is 0.194 e. The number of aryl methyl sites for hydroxylation is 2. The first-order valence-corrected chi connectivity index (χ1v) is 7.62. The van der Waals surface area contributed by atoms with Crippen molar-refractivity contribution in [3.05, 3.63) is 22.5 Å². The van der Waals surface area contributed by atoms with E-state index >= 15 is 0 Å². The van der Waals surface area contributed by atoms with Gasteiger partial charge in [-0.05, 0) is 19.8 Å². The van der Waals surface area contributed by atoms with E-state index in [4.69, 9.17) is 4.74 Å². The SMILES string of the molecule is Cc1cn2c(CNCCOCC(C)C)c(C)nc2s1. The Balaban J connectivity index is 1.82. The van der Waals surface area contributed by atoms with E-state index in [0.717, 1.165) is 37.0 Å². The lowest BCUT2D eigenvalue weighted by atomic mass is 10.2. The Bertz CT molecular complexity index is 530. The number of thiazole rings is 1. The van der Waals surface area contributed by atoms with Crippen molar-refractivity contribution >= 4 is 16.3 Å². The van der Waals surface area contributed by atoms with Crippen molar-refractivity contribution in [2.45, 2.75) is 34.2 Å². The number of nitrogens with zero attached hydrogens (tertiary/aromatic N) is 2. The van der Waals surface area contributed by atoms with E-state index in [1.807, 2.05) is 0 Å². The van der Waals surface area contributed by atoms with Crippen molar-refractivity contribution in [1.29, 1.82) is 0 Å². The van der Waals surface area contributed by atoms with Gasteiger partial charge in [0.1, 0.15) is 0 Å². The standard InChI is InChI=1S/C14H23N3OS/c1-10(2)9-18-6-5-15-7-13-12(4)16-14-17(13)8-11(3)19-14/h8,10,15H,5-7,9H2,1-4H3. The molecule has 0 atom stereocenters. The van der Waals surface area contributed by atoms with Crippen LogP contribution in [0.25, 0.3) is 4.96 Å². The molecule has 2 heterocycles. The van der Waals surface area contributed by atoms with Crippen LogP contribution in [0.2, 0.25) is 0 Å². The molecule has 0 unspecified atom stereocenters. The average molecular weight is 281 g/mol. The Morgan fingerprint density at radius 2 is 2.21 bits per heavy atom. The Labute approximate surface area is 118 Å². The lowest BCUT2D eigenvalue weighted by Crippen LogP contribution is -2.21. The number of aromatic nitrogens is 2. The Morgan fingerprint density at radius 3 is 2.95 bits per heavy atom. The second-order valence-electron chi connectivity index (χ2n) is 5.28. The highest BCUT2D eigenvalue weighted by atomic mass is 32.1. The molecule has 1 N–H and O–H groups in total. The minimum absolute atomic E-state index is 0.602. The van der Waals surface area contributed by atoms with Crippen LogP contribution in [-0.2, 0) is 11.3 Å². The molecule has 5 heteroatoms. The van der Waals surface area contributed by atoms with Gasteiger partial charge in [-0.25, -0.2) is 4.98 Å². The highest BCUT2D eigenvalue weighted by molar-refractivity contribution is 7.17. The zero-order valence-corrected chi connectivity index (χ0v) is 13.0. The summed E-state index contributed by atoms with van der Waals surface area (Å²) < 4.78 is 7.75. The molecule has 2 rings (SSSR count). The summed E-state index contributed by atoms with van der Waals surface area (Å²) in [5, 5.41) is 3.42. The summed E-state index contributed by atoms with van der Waals surface area (Å²) in [6.45, 7) is 11.8. The van der Waals surface area contributed by atoms with Crippen LogP contribution in [0.1, 0.15) is 30.1 Å². The first-order chi connectivity index (χ1) is 9.08. The van der Waals surface area contributed by atoms with Crippen LogP contribution in [0.15, 0.2) is 6.20 Å². The van der Waals surface area contributed by atoms with Crippen LogP contribution in [0.3, 0.4) is 0 Å². The molecule has 0 amide bonds. The lowest BCUT2D eigenvalue weighted by molar-refractivity contribution is 0.111. The van der Waals surface area contributed by atoms with Crippen molar-refractivity contribution in [2.75, 3.05) is 19.8 Å². The monoisotopic (exact) mass is 281 g/mol. The van der Waals surface area contributed by atoms with Crippen LogP contribution in [-0.4, -0.2) is 29.1 Å². The molecule has 0 aromatic carbocycles. The highest BCUT2D eigenvalue weighted by Crippen LogP contribution is 2.20. The molecule has 0 bridgehead atoms. The minimum Gasteiger partial charge on any atom is -0.380 e. The molecule has 0 saturated carbocycles. The molecule has 0 aliphatic heterocycles. The predicted molar refractivity (Wildman–Crippen MR) is 79.9 cm³/mol. The Hall–Kier alpha value is -0.910. The molecule has 0 aliphatic rings. The van der Waals surface area contributed by atoms with Crippen LogP contribution in [0.4, 0.5) is 0 Å². The Kier molecular flexibility index (Phi) is 4.96. The van der Waals surface area contributed by atoms with Gasteiger partial charge in [-0.2, -0.15) is 0 Å². The van der Waals surface area contributed by atoms with E-state index in [9.17, 15) is 0 Å². The zero-order valence-electron chi connectivity index (χ0n) is 12.2. The van der Waals surface area contributed by atoms with Crippen molar-refractivity contribution in [2.24, 2.45) is 5.92 Å². The third-order valence-electron chi connectivity index (χ3n) is 2.91. The maximum atomic E-state index is 5.55. The maximum absolute atomic E-state index is 5.55. The summed E-state index contributed by atoms with van der Waals surface area (Å²) in [7, 11) is 0. The van der Waals surface area contributed by atoms with Gasteiger partial charge in [0.2, 0.25) is 0 Å². The van der Waals surface area contributed by atoms with E-state index in [-0.39, 0.29) is 0 Å². The van der Waals surface area contributed by atoms with Gasteiger partial charge in [0.05, 0.1) is 18.0 Å². The number of ether oxygens (including phenoxy) is 1. The van der Waals surface area contributed by atoms with Gasteiger partial charge < -0.3 is 10.1 Å². The summed E-state index contributed by atoms with van der Waals surface area (Å²) in [6.07, 6.45) is 2.16. The first-order valence-electron chi connectivity index (χ1n) is 6.80. The normalized spacial score (nSPS) is 11.8. The molecular formula is C14H23N3OS. The number of nitrogens with one attached hydrogen (secondary N) is 1. The average Bonchev–Trinajstić information content (AvgIpc) is 2.80. The second kappa shape index (κ2) is 6.50. The van der Waals surface area contributed by atoms with Gasteiger partial charge in [0.25, 0.3) is 0 Å².